The van der Waals surface area contributed by atoms with E-state index in [1.807, 2.05) is 13.0 Å². The predicted octanol–water partition coefficient (Wildman–Crippen LogP) is 1.90. The summed E-state index contributed by atoms with van der Waals surface area (Å²) < 4.78 is 2.24. The molecule has 0 aromatic carbocycles. The quantitative estimate of drug-likeness (QED) is 0.856. The van der Waals surface area contributed by atoms with Crippen LogP contribution in [0.25, 0.3) is 11.0 Å². The van der Waals surface area contributed by atoms with Gasteiger partial charge in [-0.25, -0.2) is 4.98 Å². The normalized spacial score (nSPS) is 13.6. The van der Waals surface area contributed by atoms with Crippen molar-refractivity contribution in [2.75, 3.05) is 0 Å². The van der Waals surface area contributed by atoms with E-state index < -0.39 is 0 Å². The Bertz CT molecular complexity index is 485. The summed E-state index contributed by atoms with van der Waals surface area (Å²) in [5.74, 6) is 1.05. The van der Waals surface area contributed by atoms with Gasteiger partial charge in [-0.15, -0.1) is 0 Å². The minimum atomic E-state index is 0.127. The molecule has 4 heteroatoms. The number of imidazole rings is 1. The molecule has 2 rings (SSSR count). The molecule has 0 saturated heterocycles. The van der Waals surface area contributed by atoms with Crippen LogP contribution in [0.2, 0.25) is 0 Å². The SMILES string of the molecule is CC(N)Cc1nc2cnccc2n1C(C)C. The first-order valence-corrected chi connectivity index (χ1v) is 5.66. The Morgan fingerprint density at radius 3 is 2.75 bits per heavy atom. The van der Waals surface area contributed by atoms with Crippen molar-refractivity contribution in [3.8, 4) is 0 Å². The highest BCUT2D eigenvalue weighted by molar-refractivity contribution is 5.74. The molecule has 16 heavy (non-hydrogen) atoms. The second kappa shape index (κ2) is 4.22. The standard InChI is InChI=1S/C12H18N4/c1-8(2)16-11-4-5-14-7-10(11)15-12(16)6-9(3)13/h4-5,7-9H,6,13H2,1-3H3. The van der Waals surface area contributed by atoms with Gasteiger partial charge in [0.1, 0.15) is 11.3 Å². The van der Waals surface area contributed by atoms with E-state index in [1.165, 1.54) is 0 Å². The summed E-state index contributed by atoms with van der Waals surface area (Å²) in [4.78, 5) is 8.69. The van der Waals surface area contributed by atoms with Gasteiger partial charge in [-0.3, -0.25) is 4.98 Å². The van der Waals surface area contributed by atoms with Crippen molar-refractivity contribution >= 4 is 11.0 Å². The van der Waals surface area contributed by atoms with E-state index in [1.54, 1.807) is 12.4 Å². The number of nitrogens with two attached hydrogens (primary N) is 1. The molecule has 0 aliphatic rings. The van der Waals surface area contributed by atoms with Crippen LogP contribution in [-0.4, -0.2) is 20.6 Å². The topological polar surface area (TPSA) is 56.7 Å². The molecule has 0 radical (unpaired) electrons. The molecule has 0 amide bonds. The van der Waals surface area contributed by atoms with Crippen LogP contribution in [0, 0.1) is 0 Å². The van der Waals surface area contributed by atoms with E-state index in [4.69, 9.17) is 5.73 Å². The van der Waals surface area contributed by atoms with Gasteiger partial charge in [-0.05, 0) is 26.8 Å². The lowest BCUT2D eigenvalue weighted by atomic mass is 10.2. The fourth-order valence-electron chi connectivity index (χ4n) is 2.01. The van der Waals surface area contributed by atoms with Gasteiger partial charge in [0.05, 0.1) is 11.7 Å². The lowest BCUT2D eigenvalue weighted by Gasteiger charge is -2.14. The lowest BCUT2D eigenvalue weighted by Crippen LogP contribution is -2.21. The van der Waals surface area contributed by atoms with Gasteiger partial charge < -0.3 is 10.3 Å². The molecule has 1 unspecified atom stereocenters. The Kier molecular flexibility index (Phi) is 2.92. The lowest BCUT2D eigenvalue weighted by molar-refractivity contribution is 0.564. The van der Waals surface area contributed by atoms with Crippen molar-refractivity contribution in [2.24, 2.45) is 5.73 Å². The smallest absolute Gasteiger partial charge is 0.111 e. The summed E-state index contributed by atoms with van der Waals surface area (Å²) in [7, 11) is 0. The molecule has 0 bridgehead atoms. The molecule has 0 saturated carbocycles. The minimum Gasteiger partial charge on any atom is -0.328 e. The zero-order valence-electron chi connectivity index (χ0n) is 10.0. The van der Waals surface area contributed by atoms with Gasteiger partial charge in [0.15, 0.2) is 0 Å². The molecule has 2 aromatic heterocycles. The third-order valence-corrected chi connectivity index (χ3v) is 2.59. The number of rotatable bonds is 3. The fraction of sp³-hybridized carbons (Fsp3) is 0.500. The number of hydrogen-bond acceptors (Lipinski definition) is 3. The summed E-state index contributed by atoms with van der Waals surface area (Å²) in [6.45, 7) is 6.32. The Morgan fingerprint density at radius 2 is 2.12 bits per heavy atom. The number of nitrogens with zero attached hydrogens (tertiary/aromatic N) is 3. The van der Waals surface area contributed by atoms with Crippen molar-refractivity contribution in [3.05, 3.63) is 24.3 Å². The Balaban J connectivity index is 2.58. The van der Waals surface area contributed by atoms with Crippen LogP contribution in [0.15, 0.2) is 18.5 Å². The van der Waals surface area contributed by atoms with Crippen LogP contribution >= 0.6 is 0 Å². The number of aromatic nitrogens is 3. The van der Waals surface area contributed by atoms with Gasteiger partial charge in [-0.1, -0.05) is 0 Å². The Morgan fingerprint density at radius 1 is 1.38 bits per heavy atom. The van der Waals surface area contributed by atoms with Crippen molar-refractivity contribution in [2.45, 2.75) is 39.3 Å². The molecule has 2 N–H and O–H groups in total. The monoisotopic (exact) mass is 218 g/mol. The summed E-state index contributed by atoms with van der Waals surface area (Å²) in [6.07, 6.45) is 4.41. The number of hydrogen-bond donors (Lipinski definition) is 1. The molecule has 0 fully saturated rings. The maximum atomic E-state index is 5.85. The first kappa shape index (κ1) is 11.1. The van der Waals surface area contributed by atoms with Crippen molar-refractivity contribution in [1.29, 1.82) is 0 Å². The van der Waals surface area contributed by atoms with Crippen molar-refractivity contribution in [1.82, 2.24) is 14.5 Å². The van der Waals surface area contributed by atoms with Gasteiger partial charge in [-0.2, -0.15) is 0 Å². The first-order chi connectivity index (χ1) is 7.59. The van der Waals surface area contributed by atoms with Crippen LogP contribution in [0.1, 0.15) is 32.6 Å². The van der Waals surface area contributed by atoms with Gasteiger partial charge in [0, 0.05) is 24.7 Å². The Labute approximate surface area is 95.5 Å². The van der Waals surface area contributed by atoms with E-state index in [0.717, 1.165) is 23.3 Å². The first-order valence-electron chi connectivity index (χ1n) is 5.66. The summed E-state index contributed by atoms with van der Waals surface area (Å²) in [5.41, 5.74) is 7.94. The zero-order valence-corrected chi connectivity index (χ0v) is 10.0. The van der Waals surface area contributed by atoms with Crippen molar-refractivity contribution in [3.63, 3.8) is 0 Å². The van der Waals surface area contributed by atoms with E-state index >= 15 is 0 Å². The third-order valence-electron chi connectivity index (χ3n) is 2.59. The molecule has 86 valence electrons. The largest absolute Gasteiger partial charge is 0.328 e. The average Bonchev–Trinajstić information content (AvgIpc) is 2.53. The van der Waals surface area contributed by atoms with Gasteiger partial charge in [0.2, 0.25) is 0 Å². The van der Waals surface area contributed by atoms with E-state index in [2.05, 4.69) is 28.4 Å². The molecular weight excluding hydrogens is 200 g/mol. The van der Waals surface area contributed by atoms with Crippen LogP contribution in [0.5, 0.6) is 0 Å². The minimum absolute atomic E-state index is 0.127. The molecule has 0 aliphatic heterocycles. The molecule has 4 nitrogen and oxygen atoms in total. The molecule has 1 atom stereocenters. The molecule has 2 aromatic rings. The van der Waals surface area contributed by atoms with Crippen LogP contribution < -0.4 is 5.73 Å². The second-order valence-electron chi connectivity index (χ2n) is 4.54. The Hall–Kier alpha value is -1.42. The van der Waals surface area contributed by atoms with Crippen LogP contribution in [-0.2, 0) is 6.42 Å². The van der Waals surface area contributed by atoms with Crippen LogP contribution in [0.4, 0.5) is 0 Å². The highest BCUT2D eigenvalue weighted by atomic mass is 15.1. The molecule has 0 spiro atoms. The van der Waals surface area contributed by atoms with E-state index in [-0.39, 0.29) is 6.04 Å². The van der Waals surface area contributed by atoms with Gasteiger partial charge >= 0.3 is 0 Å². The third kappa shape index (κ3) is 1.93. The van der Waals surface area contributed by atoms with Crippen LogP contribution in [0.3, 0.4) is 0 Å². The van der Waals surface area contributed by atoms with E-state index in [0.29, 0.717) is 6.04 Å². The van der Waals surface area contributed by atoms with E-state index in [9.17, 15) is 0 Å². The zero-order chi connectivity index (χ0) is 11.7. The highest BCUT2D eigenvalue weighted by Gasteiger charge is 2.13. The summed E-state index contributed by atoms with van der Waals surface area (Å²) in [6, 6.07) is 2.52. The summed E-state index contributed by atoms with van der Waals surface area (Å²) >= 11 is 0. The average molecular weight is 218 g/mol. The number of fused-ring (bicyclic) bond motifs is 1. The maximum absolute atomic E-state index is 5.85. The number of pyridine rings is 1. The summed E-state index contributed by atoms with van der Waals surface area (Å²) in [5, 5.41) is 0. The van der Waals surface area contributed by atoms with Crippen molar-refractivity contribution < 1.29 is 0 Å². The maximum Gasteiger partial charge on any atom is 0.111 e. The second-order valence-corrected chi connectivity index (χ2v) is 4.54. The predicted molar refractivity (Wildman–Crippen MR) is 65.3 cm³/mol. The molecule has 2 heterocycles. The van der Waals surface area contributed by atoms with Gasteiger partial charge in [0.25, 0.3) is 0 Å². The molecular formula is C12H18N4. The fourth-order valence-corrected chi connectivity index (χ4v) is 2.01. The highest BCUT2D eigenvalue weighted by Crippen LogP contribution is 2.20. The molecule has 0 aliphatic carbocycles.